The van der Waals surface area contributed by atoms with Crippen LogP contribution in [0.4, 0.5) is 5.82 Å². The Labute approximate surface area is 128 Å². The molecule has 2 fully saturated rings. The molecule has 0 unspecified atom stereocenters. The van der Waals surface area contributed by atoms with Gasteiger partial charge in [-0.1, -0.05) is 34.1 Å². The summed E-state index contributed by atoms with van der Waals surface area (Å²) in [5.41, 5.74) is 2.45. The van der Waals surface area contributed by atoms with Gasteiger partial charge in [0.25, 0.3) is 0 Å². The second-order valence-electron chi connectivity index (χ2n) is 6.12. The molecule has 0 saturated heterocycles. The molecule has 0 amide bonds. The molecule has 104 valence electrons. The molecule has 4 rings (SSSR count). The zero-order chi connectivity index (χ0) is 13.5. The third-order valence-corrected chi connectivity index (χ3v) is 4.94. The molecule has 0 aliphatic heterocycles. The monoisotopic (exact) mass is 330 g/mol. The van der Waals surface area contributed by atoms with Gasteiger partial charge in [0.1, 0.15) is 5.82 Å². The van der Waals surface area contributed by atoms with E-state index in [0.29, 0.717) is 0 Å². The average Bonchev–Trinajstić information content (AvgIpc) is 3.37. The van der Waals surface area contributed by atoms with Crippen LogP contribution in [0.5, 0.6) is 0 Å². The zero-order valence-corrected chi connectivity index (χ0v) is 13.1. The van der Waals surface area contributed by atoms with Crippen molar-refractivity contribution in [2.24, 2.45) is 5.92 Å². The van der Waals surface area contributed by atoms with E-state index in [-0.39, 0.29) is 0 Å². The molecule has 2 saturated carbocycles. The van der Waals surface area contributed by atoms with Crippen molar-refractivity contribution in [1.82, 2.24) is 4.98 Å². The minimum atomic E-state index is 0.738. The highest BCUT2D eigenvalue weighted by molar-refractivity contribution is 9.08. The molecule has 2 aromatic rings. The van der Waals surface area contributed by atoms with Crippen LogP contribution in [-0.2, 0) is 5.33 Å². The van der Waals surface area contributed by atoms with Gasteiger partial charge in [0.2, 0.25) is 0 Å². The zero-order valence-electron chi connectivity index (χ0n) is 11.6. The number of rotatable bonds is 5. The highest BCUT2D eigenvalue weighted by atomic mass is 79.9. The quantitative estimate of drug-likeness (QED) is 0.750. The first-order valence-corrected chi connectivity index (χ1v) is 8.68. The van der Waals surface area contributed by atoms with E-state index in [1.165, 1.54) is 49.0 Å². The highest BCUT2D eigenvalue weighted by Crippen LogP contribution is 2.39. The van der Waals surface area contributed by atoms with Crippen molar-refractivity contribution < 1.29 is 0 Å². The molecule has 1 aromatic carbocycles. The smallest absolute Gasteiger partial charge is 0.133 e. The van der Waals surface area contributed by atoms with Crippen molar-refractivity contribution in [1.29, 1.82) is 0 Å². The van der Waals surface area contributed by atoms with E-state index in [2.05, 4.69) is 51.2 Å². The number of anilines is 1. The summed E-state index contributed by atoms with van der Waals surface area (Å²) in [7, 11) is 0. The van der Waals surface area contributed by atoms with Gasteiger partial charge >= 0.3 is 0 Å². The van der Waals surface area contributed by atoms with E-state index in [0.717, 1.165) is 22.8 Å². The van der Waals surface area contributed by atoms with Crippen LogP contribution in [0.25, 0.3) is 10.9 Å². The first kappa shape index (κ1) is 12.6. The van der Waals surface area contributed by atoms with Gasteiger partial charge < -0.3 is 4.90 Å². The standard InChI is InChI=1S/C17H19BrN2/c18-10-14-9-13-3-1-2-4-16(13)19-17(14)20(15-7-8-15)11-12-5-6-12/h1-4,9,12,15H,5-8,10-11H2. The number of nitrogens with zero attached hydrogens (tertiary/aromatic N) is 2. The summed E-state index contributed by atoms with van der Waals surface area (Å²) < 4.78 is 0. The maximum absolute atomic E-state index is 4.98. The van der Waals surface area contributed by atoms with Crippen LogP contribution in [-0.4, -0.2) is 17.6 Å². The SMILES string of the molecule is BrCc1cc2ccccc2nc1N(CC1CC1)C1CC1. The number of aromatic nitrogens is 1. The molecule has 0 N–H and O–H groups in total. The fourth-order valence-corrected chi connectivity index (χ4v) is 3.28. The lowest BCUT2D eigenvalue weighted by Gasteiger charge is -2.26. The number of halogens is 1. The molecule has 0 radical (unpaired) electrons. The number of hydrogen-bond donors (Lipinski definition) is 0. The van der Waals surface area contributed by atoms with Crippen molar-refractivity contribution in [2.45, 2.75) is 37.1 Å². The van der Waals surface area contributed by atoms with Crippen LogP contribution < -0.4 is 4.90 Å². The van der Waals surface area contributed by atoms with Gasteiger partial charge in [-0.15, -0.1) is 0 Å². The molecule has 2 aliphatic rings. The third-order valence-electron chi connectivity index (χ3n) is 4.34. The van der Waals surface area contributed by atoms with Gasteiger partial charge in [-0.05, 0) is 43.7 Å². The molecule has 0 spiro atoms. The summed E-state index contributed by atoms with van der Waals surface area (Å²) in [6.07, 6.45) is 5.48. The Hall–Kier alpha value is -1.09. The molecule has 2 aliphatic carbocycles. The Morgan fingerprint density at radius 2 is 1.95 bits per heavy atom. The Morgan fingerprint density at radius 1 is 1.15 bits per heavy atom. The van der Waals surface area contributed by atoms with Crippen molar-refractivity contribution in [3.8, 4) is 0 Å². The summed E-state index contributed by atoms with van der Waals surface area (Å²) in [6.45, 7) is 1.20. The van der Waals surface area contributed by atoms with Crippen LogP contribution in [0.3, 0.4) is 0 Å². The Bertz CT molecular complexity index is 632. The Morgan fingerprint density at radius 3 is 2.65 bits per heavy atom. The normalized spacial score (nSPS) is 18.4. The topological polar surface area (TPSA) is 16.1 Å². The maximum atomic E-state index is 4.98. The molecular formula is C17H19BrN2. The van der Waals surface area contributed by atoms with Crippen LogP contribution in [0.1, 0.15) is 31.2 Å². The van der Waals surface area contributed by atoms with Crippen molar-refractivity contribution in [3.05, 3.63) is 35.9 Å². The van der Waals surface area contributed by atoms with E-state index < -0.39 is 0 Å². The highest BCUT2D eigenvalue weighted by Gasteiger charge is 2.35. The van der Waals surface area contributed by atoms with Crippen molar-refractivity contribution in [3.63, 3.8) is 0 Å². The average molecular weight is 331 g/mol. The van der Waals surface area contributed by atoms with Gasteiger partial charge in [-0.2, -0.15) is 0 Å². The first-order chi connectivity index (χ1) is 9.85. The number of pyridine rings is 1. The first-order valence-electron chi connectivity index (χ1n) is 7.56. The predicted molar refractivity (Wildman–Crippen MR) is 87.5 cm³/mol. The number of para-hydroxylation sites is 1. The van der Waals surface area contributed by atoms with Crippen LogP contribution >= 0.6 is 15.9 Å². The van der Waals surface area contributed by atoms with E-state index >= 15 is 0 Å². The largest absolute Gasteiger partial charge is 0.353 e. The van der Waals surface area contributed by atoms with Gasteiger partial charge in [-0.25, -0.2) is 4.98 Å². The van der Waals surface area contributed by atoms with Crippen LogP contribution in [0.2, 0.25) is 0 Å². The van der Waals surface area contributed by atoms with E-state index in [1.807, 2.05) is 0 Å². The van der Waals surface area contributed by atoms with E-state index in [1.54, 1.807) is 0 Å². The number of alkyl halides is 1. The van der Waals surface area contributed by atoms with Gasteiger partial charge in [0, 0.05) is 28.9 Å². The number of fused-ring (bicyclic) bond motifs is 1. The lowest BCUT2D eigenvalue weighted by molar-refractivity contribution is 0.708. The lowest BCUT2D eigenvalue weighted by atomic mass is 10.1. The second kappa shape index (κ2) is 5.03. The summed E-state index contributed by atoms with van der Waals surface area (Å²) >= 11 is 3.65. The Balaban J connectivity index is 1.78. The second-order valence-corrected chi connectivity index (χ2v) is 6.69. The molecular weight excluding hydrogens is 312 g/mol. The van der Waals surface area contributed by atoms with Crippen LogP contribution in [0, 0.1) is 5.92 Å². The summed E-state index contributed by atoms with van der Waals surface area (Å²) in [4.78, 5) is 7.57. The minimum absolute atomic E-state index is 0.738. The van der Waals surface area contributed by atoms with E-state index in [9.17, 15) is 0 Å². The Kier molecular flexibility index (Phi) is 3.18. The molecule has 2 nitrogen and oxygen atoms in total. The molecule has 3 heteroatoms. The number of hydrogen-bond acceptors (Lipinski definition) is 2. The maximum Gasteiger partial charge on any atom is 0.133 e. The minimum Gasteiger partial charge on any atom is -0.353 e. The molecule has 1 heterocycles. The molecule has 0 atom stereocenters. The van der Waals surface area contributed by atoms with Gasteiger partial charge in [0.15, 0.2) is 0 Å². The van der Waals surface area contributed by atoms with E-state index in [4.69, 9.17) is 4.98 Å². The predicted octanol–water partition coefficient (Wildman–Crippen LogP) is 4.51. The lowest BCUT2D eigenvalue weighted by Crippen LogP contribution is -2.29. The fourth-order valence-electron chi connectivity index (χ4n) is 2.87. The fraction of sp³-hybridized carbons (Fsp3) is 0.471. The van der Waals surface area contributed by atoms with Crippen LogP contribution in [0.15, 0.2) is 30.3 Å². The molecule has 0 bridgehead atoms. The summed E-state index contributed by atoms with van der Waals surface area (Å²) in [6, 6.07) is 11.5. The molecule has 20 heavy (non-hydrogen) atoms. The summed E-state index contributed by atoms with van der Waals surface area (Å²) in [5, 5.41) is 2.13. The van der Waals surface area contributed by atoms with Gasteiger partial charge in [-0.3, -0.25) is 0 Å². The van der Waals surface area contributed by atoms with Gasteiger partial charge in [0.05, 0.1) is 5.52 Å². The summed E-state index contributed by atoms with van der Waals surface area (Å²) in [5.74, 6) is 2.13. The third kappa shape index (κ3) is 2.44. The molecule has 1 aromatic heterocycles. The van der Waals surface area contributed by atoms with Crippen molar-refractivity contribution >= 4 is 32.7 Å². The number of benzene rings is 1. The van der Waals surface area contributed by atoms with Crippen molar-refractivity contribution in [2.75, 3.05) is 11.4 Å².